The summed E-state index contributed by atoms with van der Waals surface area (Å²) in [6, 6.07) is 13.8. The Morgan fingerprint density at radius 3 is 2.68 bits per heavy atom. The van der Waals surface area contributed by atoms with Crippen LogP contribution in [-0.4, -0.2) is 12.5 Å². The molecule has 2 aromatic carbocycles. The zero-order chi connectivity index (χ0) is 15.8. The van der Waals surface area contributed by atoms with Crippen LogP contribution in [0.1, 0.15) is 12.5 Å². The number of carbonyl (C=O) groups excluding carboxylic acids is 1. The smallest absolute Gasteiger partial charge is 0.295 e. The van der Waals surface area contributed by atoms with Crippen LogP contribution in [-0.2, 0) is 11.2 Å². The van der Waals surface area contributed by atoms with E-state index in [1.54, 1.807) is 31.2 Å². The van der Waals surface area contributed by atoms with E-state index in [1.165, 1.54) is 6.07 Å². The number of para-hydroxylation sites is 1. The molecule has 2 aromatic rings. The van der Waals surface area contributed by atoms with Gasteiger partial charge >= 0.3 is 0 Å². The van der Waals surface area contributed by atoms with Gasteiger partial charge in [-0.05, 0) is 49.1 Å². The second kappa shape index (κ2) is 7.84. The van der Waals surface area contributed by atoms with Crippen molar-refractivity contribution in [2.45, 2.75) is 13.3 Å². The van der Waals surface area contributed by atoms with E-state index >= 15 is 0 Å². The molecule has 0 bridgehead atoms. The molecule has 0 unspecified atom stereocenters. The molecule has 0 aliphatic heterocycles. The van der Waals surface area contributed by atoms with E-state index in [2.05, 4.69) is 17.2 Å². The Morgan fingerprint density at radius 1 is 1.23 bits per heavy atom. The Morgan fingerprint density at radius 2 is 2.00 bits per heavy atom. The Kier molecular flexibility index (Phi) is 5.56. The zero-order valence-corrected chi connectivity index (χ0v) is 12.2. The zero-order valence-electron chi connectivity index (χ0n) is 12.2. The summed E-state index contributed by atoms with van der Waals surface area (Å²) in [5, 5.41) is 2.64. The molecule has 0 aliphatic carbocycles. The van der Waals surface area contributed by atoms with Crippen molar-refractivity contribution in [3.05, 3.63) is 59.9 Å². The van der Waals surface area contributed by atoms with Gasteiger partial charge in [0.15, 0.2) is 11.6 Å². The first-order chi connectivity index (χ1) is 10.7. The number of amides is 1. The molecule has 22 heavy (non-hydrogen) atoms. The molecule has 0 heterocycles. The molecule has 0 aliphatic rings. The van der Waals surface area contributed by atoms with Gasteiger partial charge in [0.05, 0.1) is 0 Å². The van der Waals surface area contributed by atoms with Crippen molar-refractivity contribution in [1.82, 2.24) is 5.32 Å². The monoisotopic (exact) mass is 297 g/mol. The molecule has 0 radical (unpaired) electrons. The molecule has 0 fully saturated rings. The molecule has 1 N–H and O–H groups in total. The fraction of sp³-hybridized carbons (Fsp3) is 0.167. The molecule has 0 aromatic heterocycles. The average molecular weight is 297 g/mol. The van der Waals surface area contributed by atoms with Gasteiger partial charge < -0.3 is 10.1 Å². The van der Waals surface area contributed by atoms with E-state index in [1.807, 2.05) is 18.2 Å². The maximum absolute atomic E-state index is 14.0. The lowest BCUT2D eigenvalue weighted by Crippen LogP contribution is -2.23. The van der Waals surface area contributed by atoms with Crippen LogP contribution in [0.5, 0.6) is 11.5 Å². The van der Waals surface area contributed by atoms with Crippen LogP contribution in [0, 0.1) is 17.7 Å². The molecule has 0 spiro atoms. The van der Waals surface area contributed by atoms with Crippen molar-refractivity contribution in [3.8, 4) is 23.3 Å². The highest BCUT2D eigenvalue weighted by atomic mass is 19.1. The minimum absolute atomic E-state index is 0.177. The highest BCUT2D eigenvalue weighted by Crippen LogP contribution is 2.24. The van der Waals surface area contributed by atoms with Crippen molar-refractivity contribution >= 4 is 5.91 Å². The Hall–Kier alpha value is -2.80. The van der Waals surface area contributed by atoms with E-state index in [-0.39, 0.29) is 11.7 Å². The Balaban J connectivity index is 1.94. The molecule has 4 heteroatoms. The maximum Gasteiger partial charge on any atom is 0.295 e. The molecule has 112 valence electrons. The summed E-state index contributed by atoms with van der Waals surface area (Å²) < 4.78 is 19.5. The lowest BCUT2D eigenvalue weighted by Gasteiger charge is -2.08. The number of halogens is 1. The van der Waals surface area contributed by atoms with Gasteiger partial charge in [-0.2, -0.15) is 0 Å². The van der Waals surface area contributed by atoms with Gasteiger partial charge in [0.1, 0.15) is 5.75 Å². The molecule has 0 saturated carbocycles. The Labute approximate surface area is 129 Å². The SMILES string of the molecule is CC#CC(=O)NCCc1ccc(Oc2ccccc2)c(F)c1. The third-order valence-corrected chi connectivity index (χ3v) is 2.91. The van der Waals surface area contributed by atoms with Crippen molar-refractivity contribution in [1.29, 1.82) is 0 Å². The minimum atomic E-state index is -0.430. The topological polar surface area (TPSA) is 38.3 Å². The van der Waals surface area contributed by atoms with Gasteiger partial charge in [-0.25, -0.2) is 4.39 Å². The van der Waals surface area contributed by atoms with Crippen LogP contribution >= 0.6 is 0 Å². The van der Waals surface area contributed by atoms with E-state index in [0.29, 0.717) is 18.7 Å². The van der Waals surface area contributed by atoms with Crippen LogP contribution in [0.25, 0.3) is 0 Å². The van der Waals surface area contributed by atoms with Crippen LogP contribution in [0.2, 0.25) is 0 Å². The number of hydrogen-bond donors (Lipinski definition) is 1. The van der Waals surface area contributed by atoms with Gasteiger partial charge in [-0.1, -0.05) is 30.2 Å². The largest absolute Gasteiger partial charge is 0.454 e. The number of rotatable bonds is 5. The predicted octanol–water partition coefficient (Wildman–Crippen LogP) is 3.30. The van der Waals surface area contributed by atoms with Crippen molar-refractivity contribution in [3.63, 3.8) is 0 Å². The lowest BCUT2D eigenvalue weighted by molar-refractivity contribution is -0.115. The van der Waals surface area contributed by atoms with Crippen molar-refractivity contribution < 1.29 is 13.9 Å². The molecule has 0 atom stereocenters. The molecular formula is C18H16FNO2. The van der Waals surface area contributed by atoms with Gasteiger partial charge in [-0.3, -0.25) is 4.79 Å². The number of carbonyl (C=O) groups is 1. The highest BCUT2D eigenvalue weighted by molar-refractivity contribution is 5.93. The van der Waals surface area contributed by atoms with Crippen molar-refractivity contribution in [2.75, 3.05) is 6.54 Å². The van der Waals surface area contributed by atoms with E-state index < -0.39 is 5.82 Å². The number of ether oxygens (including phenoxy) is 1. The van der Waals surface area contributed by atoms with Gasteiger partial charge in [0.2, 0.25) is 0 Å². The number of benzene rings is 2. The summed E-state index contributed by atoms with van der Waals surface area (Å²) >= 11 is 0. The summed E-state index contributed by atoms with van der Waals surface area (Å²) in [4.78, 5) is 11.2. The Bertz CT molecular complexity index is 702. The molecular weight excluding hydrogens is 281 g/mol. The van der Waals surface area contributed by atoms with Gasteiger partial charge in [0.25, 0.3) is 5.91 Å². The standard InChI is InChI=1S/C18H16FNO2/c1-2-6-18(21)20-12-11-14-9-10-17(16(19)13-14)22-15-7-4-3-5-8-15/h3-5,7-10,13H,11-12H2,1H3,(H,20,21). The van der Waals surface area contributed by atoms with E-state index in [4.69, 9.17) is 4.74 Å². The van der Waals surface area contributed by atoms with E-state index in [9.17, 15) is 9.18 Å². The normalized spacial score (nSPS) is 9.55. The minimum Gasteiger partial charge on any atom is -0.454 e. The van der Waals surface area contributed by atoms with Crippen molar-refractivity contribution in [2.24, 2.45) is 0 Å². The summed E-state index contributed by atoms with van der Waals surface area (Å²) in [5.74, 6) is 4.91. The van der Waals surface area contributed by atoms with Crippen LogP contribution in [0.15, 0.2) is 48.5 Å². The second-order valence-electron chi connectivity index (χ2n) is 4.56. The summed E-state index contributed by atoms with van der Waals surface area (Å²) in [7, 11) is 0. The summed E-state index contributed by atoms with van der Waals surface area (Å²) in [6.45, 7) is 2.01. The maximum atomic E-state index is 14.0. The second-order valence-corrected chi connectivity index (χ2v) is 4.56. The molecule has 0 saturated heterocycles. The first-order valence-electron chi connectivity index (χ1n) is 6.91. The van der Waals surface area contributed by atoms with Crippen LogP contribution in [0.4, 0.5) is 4.39 Å². The first kappa shape index (κ1) is 15.6. The lowest BCUT2D eigenvalue weighted by atomic mass is 10.1. The van der Waals surface area contributed by atoms with Crippen LogP contribution < -0.4 is 10.1 Å². The number of nitrogens with one attached hydrogen (secondary N) is 1. The van der Waals surface area contributed by atoms with Gasteiger partial charge in [-0.15, -0.1) is 0 Å². The predicted molar refractivity (Wildman–Crippen MR) is 83.1 cm³/mol. The quantitative estimate of drug-likeness (QED) is 0.860. The van der Waals surface area contributed by atoms with Crippen LogP contribution in [0.3, 0.4) is 0 Å². The molecule has 1 amide bonds. The fourth-order valence-corrected chi connectivity index (χ4v) is 1.88. The highest BCUT2D eigenvalue weighted by Gasteiger charge is 2.06. The summed E-state index contributed by atoms with van der Waals surface area (Å²) in [5.41, 5.74) is 0.780. The van der Waals surface area contributed by atoms with E-state index in [0.717, 1.165) is 5.56 Å². The first-order valence-corrected chi connectivity index (χ1v) is 6.91. The van der Waals surface area contributed by atoms with Gasteiger partial charge in [0, 0.05) is 6.54 Å². The average Bonchev–Trinajstić information content (AvgIpc) is 2.51. The molecule has 3 nitrogen and oxygen atoms in total. The number of hydrogen-bond acceptors (Lipinski definition) is 2. The summed E-state index contributed by atoms with van der Waals surface area (Å²) in [6.07, 6.45) is 0.527. The fourth-order valence-electron chi connectivity index (χ4n) is 1.88. The third kappa shape index (κ3) is 4.64. The third-order valence-electron chi connectivity index (χ3n) is 2.91. The molecule has 2 rings (SSSR count).